The summed E-state index contributed by atoms with van der Waals surface area (Å²) in [5, 5.41) is 19.5. The van der Waals surface area contributed by atoms with Crippen LogP contribution in [0.2, 0.25) is 0 Å². The van der Waals surface area contributed by atoms with Crippen LogP contribution in [0.1, 0.15) is 57.6 Å². The van der Waals surface area contributed by atoms with E-state index in [0.29, 0.717) is 11.1 Å². The highest BCUT2D eigenvalue weighted by molar-refractivity contribution is 5.81. The van der Waals surface area contributed by atoms with Crippen molar-refractivity contribution >= 4 is 5.78 Å². The number of carbonyl (C=O) groups excluding carboxylic acids is 1. The van der Waals surface area contributed by atoms with Gasteiger partial charge in [0.25, 0.3) is 0 Å². The van der Waals surface area contributed by atoms with Crippen LogP contribution >= 0.6 is 0 Å². The van der Waals surface area contributed by atoms with E-state index in [1.54, 1.807) is 6.07 Å². The van der Waals surface area contributed by atoms with E-state index in [1.165, 1.54) is 37.3 Å². The molecule has 0 fully saturated rings. The van der Waals surface area contributed by atoms with Crippen molar-refractivity contribution in [3.05, 3.63) is 53.6 Å². The van der Waals surface area contributed by atoms with E-state index in [0.717, 1.165) is 31.7 Å². The van der Waals surface area contributed by atoms with Crippen LogP contribution in [0.25, 0.3) is 11.1 Å². The molecule has 2 N–H and O–H groups in total. The van der Waals surface area contributed by atoms with Crippen LogP contribution in [0.4, 0.5) is 13.2 Å². The Hall–Kier alpha value is -2.38. The predicted molar refractivity (Wildman–Crippen MR) is 113 cm³/mol. The highest BCUT2D eigenvalue weighted by Gasteiger charge is 2.60. The first-order valence-corrected chi connectivity index (χ1v) is 10.4. The number of fused-ring (bicyclic) bond motifs is 3. The van der Waals surface area contributed by atoms with Crippen LogP contribution in [-0.2, 0) is 10.4 Å². The number of hydrogen-bond donors (Lipinski definition) is 2. The Labute approximate surface area is 180 Å². The molecule has 3 rings (SSSR count). The third kappa shape index (κ3) is 5.46. The largest absolute Gasteiger partial charge is 0.486 e. The molecule has 0 amide bonds. The standard InChI is InChI=1S/C17H13F3O3.C7H16O/c1-10(21)9-23-11-6-7-13-12-4-2-3-5-14(12)16(22,15(13)8-11)17(18,19)20;1-3-5-7(8)6-4-2/h2-8,22H,9H2,1H3;7-8H,3-6H2,1-2H3. The molecule has 0 saturated heterocycles. The van der Waals surface area contributed by atoms with Gasteiger partial charge in [0.05, 0.1) is 6.10 Å². The lowest BCUT2D eigenvalue weighted by Gasteiger charge is -2.28. The van der Waals surface area contributed by atoms with E-state index in [-0.39, 0.29) is 35.4 Å². The van der Waals surface area contributed by atoms with Crippen LogP contribution in [-0.4, -0.2) is 34.9 Å². The zero-order valence-electron chi connectivity index (χ0n) is 18.0. The van der Waals surface area contributed by atoms with E-state index in [1.807, 2.05) is 0 Å². The maximum absolute atomic E-state index is 13.6. The minimum atomic E-state index is -4.88. The summed E-state index contributed by atoms with van der Waals surface area (Å²) in [5.41, 5.74) is -2.94. The maximum Gasteiger partial charge on any atom is 0.425 e. The summed E-state index contributed by atoms with van der Waals surface area (Å²) < 4.78 is 46.0. The van der Waals surface area contributed by atoms with Crippen molar-refractivity contribution in [3.63, 3.8) is 0 Å². The predicted octanol–water partition coefficient (Wildman–Crippen LogP) is 5.38. The van der Waals surface area contributed by atoms with Crippen molar-refractivity contribution < 1.29 is 32.9 Å². The molecular formula is C24H29F3O4. The number of aliphatic hydroxyl groups excluding tert-OH is 1. The summed E-state index contributed by atoms with van der Waals surface area (Å²) in [4.78, 5) is 11.0. The first-order chi connectivity index (χ1) is 14.6. The Morgan fingerprint density at radius 2 is 1.61 bits per heavy atom. The Kier molecular flexibility index (Phi) is 8.26. The summed E-state index contributed by atoms with van der Waals surface area (Å²) in [7, 11) is 0. The third-order valence-corrected chi connectivity index (χ3v) is 5.08. The number of ketones is 1. The van der Waals surface area contributed by atoms with Crippen molar-refractivity contribution in [3.8, 4) is 16.9 Å². The van der Waals surface area contributed by atoms with Crippen molar-refractivity contribution in [2.24, 2.45) is 0 Å². The van der Waals surface area contributed by atoms with Crippen LogP contribution < -0.4 is 4.74 Å². The maximum atomic E-state index is 13.6. The fourth-order valence-electron chi connectivity index (χ4n) is 3.63. The number of ether oxygens (including phenoxy) is 1. The SMILES string of the molecule is CC(=O)COc1ccc2c(c1)C(O)(C(F)(F)F)c1ccccc1-2.CCCC(O)CCC. The number of rotatable bonds is 7. The summed E-state index contributed by atoms with van der Waals surface area (Å²) in [5.74, 6) is -0.144. The first kappa shape index (κ1) is 24.9. The van der Waals surface area contributed by atoms with Crippen molar-refractivity contribution in [2.45, 2.75) is 64.3 Å². The number of aliphatic hydroxyl groups is 2. The molecule has 0 radical (unpaired) electrons. The molecule has 0 bridgehead atoms. The molecule has 1 unspecified atom stereocenters. The van der Waals surface area contributed by atoms with Gasteiger partial charge in [-0.25, -0.2) is 0 Å². The Morgan fingerprint density at radius 1 is 1.03 bits per heavy atom. The average molecular weight is 438 g/mol. The molecule has 0 saturated carbocycles. The Morgan fingerprint density at radius 3 is 2.16 bits per heavy atom. The molecule has 2 aromatic carbocycles. The number of hydrogen-bond acceptors (Lipinski definition) is 4. The lowest BCUT2D eigenvalue weighted by atomic mass is 9.91. The molecule has 0 aliphatic heterocycles. The van der Waals surface area contributed by atoms with Gasteiger partial charge in [-0.05, 0) is 43.0 Å². The van der Waals surface area contributed by atoms with Crippen LogP contribution in [0.15, 0.2) is 42.5 Å². The van der Waals surface area contributed by atoms with Crippen LogP contribution in [0, 0.1) is 0 Å². The van der Waals surface area contributed by atoms with Gasteiger partial charge in [0.1, 0.15) is 12.4 Å². The second-order valence-electron chi connectivity index (χ2n) is 7.68. The molecule has 1 atom stereocenters. The van der Waals surface area contributed by atoms with Gasteiger partial charge in [-0.3, -0.25) is 4.79 Å². The first-order valence-electron chi connectivity index (χ1n) is 10.4. The molecule has 0 aromatic heterocycles. The lowest BCUT2D eigenvalue weighted by Crippen LogP contribution is -2.41. The molecule has 31 heavy (non-hydrogen) atoms. The topological polar surface area (TPSA) is 66.8 Å². The molecule has 0 heterocycles. The van der Waals surface area contributed by atoms with Gasteiger partial charge in [-0.2, -0.15) is 13.2 Å². The number of Topliss-reactive ketones (excluding diaryl/α,β-unsaturated/α-hetero) is 1. The fourth-order valence-corrected chi connectivity index (χ4v) is 3.63. The van der Waals surface area contributed by atoms with E-state index >= 15 is 0 Å². The van der Waals surface area contributed by atoms with Gasteiger partial charge < -0.3 is 14.9 Å². The Balaban J connectivity index is 0.000000366. The Bertz CT molecular complexity index is 889. The smallest absolute Gasteiger partial charge is 0.425 e. The van der Waals surface area contributed by atoms with Gasteiger partial charge in [0.2, 0.25) is 5.60 Å². The van der Waals surface area contributed by atoms with Gasteiger partial charge in [-0.15, -0.1) is 0 Å². The molecule has 7 heteroatoms. The normalized spacial score (nSPS) is 16.9. The third-order valence-electron chi connectivity index (χ3n) is 5.08. The average Bonchev–Trinajstić information content (AvgIpc) is 2.97. The number of halogens is 3. The second kappa shape index (κ2) is 10.3. The fraction of sp³-hybridized carbons (Fsp3) is 0.458. The summed E-state index contributed by atoms with van der Waals surface area (Å²) in [6, 6.07) is 9.96. The highest BCUT2D eigenvalue weighted by Crippen LogP contribution is 2.55. The van der Waals surface area contributed by atoms with E-state index in [9.17, 15) is 23.1 Å². The van der Waals surface area contributed by atoms with E-state index < -0.39 is 11.8 Å². The van der Waals surface area contributed by atoms with Crippen molar-refractivity contribution in [2.75, 3.05) is 6.61 Å². The van der Waals surface area contributed by atoms with Crippen molar-refractivity contribution in [1.29, 1.82) is 0 Å². The molecule has 0 spiro atoms. The van der Waals surface area contributed by atoms with Crippen LogP contribution in [0.5, 0.6) is 5.75 Å². The number of alkyl halides is 3. The van der Waals surface area contributed by atoms with Gasteiger partial charge in [0.15, 0.2) is 5.78 Å². The number of benzene rings is 2. The highest BCUT2D eigenvalue weighted by atomic mass is 19.4. The van der Waals surface area contributed by atoms with Gasteiger partial charge in [0, 0.05) is 11.1 Å². The molecule has 170 valence electrons. The van der Waals surface area contributed by atoms with Crippen molar-refractivity contribution in [1.82, 2.24) is 0 Å². The molecule has 1 aliphatic rings. The molecule has 1 aliphatic carbocycles. The van der Waals surface area contributed by atoms with Crippen LogP contribution in [0.3, 0.4) is 0 Å². The summed E-state index contributed by atoms with van der Waals surface area (Å²) >= 11 is 0. The van der Waals surface area contributed by atoms with E-state index in [2.05, 4.69) is 13.8 Å². The summed E-state index contributed by atoms with van der Waals surface area (Å²) in [6.07, 6.45) is -0.789. The molecule has 4 nitrogen and oxygen atoms in total. The lowest BCUT2D eigenvalue weighted by molar-refractivity contribution is -0.246. The summed E-state index contributed by atoms with van der Waals surface area (Å²) in [6.45, 7) is 5.27. The van der Waals surface area contributed by atoms with Gasteiger partial charge >= 0.3 is 6.18 Å². The monoisotopic (exact) mass is 438 g/mol. The zero-order chi connectivity index (χ0) is 23.2. The minimum absolute atomic E-state index is 0.0370. The second-order valence-corrected chi connectivity index (χ2v) is 7.68. The number of carbonyl (C=O) groups is 1. The minimum Gasteiger partial charge on any atom is -0.486 e. The molecular weight excluding hydrogens is 409 g/mol. The van der Waals surface area contributed by atoms with E-state index in [4.69, 9.17) is 9.84 Å². The zero-order valence-corrected chi connectivity index (χ0v) is 18.0. The van der Waals surface area contributed by atoms with Gasteiger partial charge in [-0.1, -0.05) is 57.0 Å². The quantitative estimate of drug-likeness (QED) is 0.609. The molecule has 2 aromatic rings.